The van der Waals surface area contributed by atoms with E-state index in [0.29, 0.717) is 5.89 Å². The fraction of sp³-hybridized carbons (Fsp3) is 0.200. The number of aromatic amines is 1. The summed E-state index contributed by atoms with van der Waals surface area (Å²) in [4.78, 5) is 26.1. The minimum absolute atomic E-state index is 0.259. The van der Waals surface area contributed by atoms with Gasteiger partial charge in [0.15, 0.2) is 0 Å². The number of carbonyl (C=O) groups excluding carboxylic acids is 2. The number of aromatic nitrogens is 3. The molecule has 2 aromatic heterocycles. The predicted octanol–water partition coefficient (Wildman–Crippen LogP) is 2.15. The highest BCUT2D eigenvalue weighted by Gasteiger charge is 2.20. The van der Waals surface area contributed by atoms with Crippen LogP contribution in [0.4, 0.5) is 4.79 Å². The van der Waals surface area contributed by atoms with Crippen molar-refractivity contribution in [2.24, 2.45) is 0 Å². The summed E-state index contributed by atoms with van der Waals surface area (Å²) in [5.74, 6) is -0.0694. The van der Waals surface area contributed by atoms with Crippen LogP contribution in [-0.2, 0) is 4.79 Å². The molecule has 3 amide bonds. The largest absolute Gasteiger partial charge is 0.411 e. The number of imide groups is 1. The maximum Gasteiger partial charge on any atom is 0.321 e. The Morgan fingerprint density at radius 3 is 2.88 bits per heavy atom. The van der Waals surface area contributed by atoms with E-state index in [9.17, 15) is 9.59 Å². The molecule has 124 valence electrons. The topological polar surface area (TPSA) is 113 Å². The highest BCUT2D eigenvalue weighted by atomic mass is 32.2. The molecule has 0 saturated carbocycles. The third-order valence-electron chi connectivity index (χ3n) is 3.34. The minimum Gasteiger partial charge on any atom is -0.411 e. The molecule has 3 rings (SSSR count). The number of para-hydroxylation sites is 1. The number of hydrogen-bond acceptors (Lipinski definition) is 6. The number of thioether (sulfide) groups is 1. The van der Waals surface area contributed by atoms with E-state index in [1.54, 1.807) is 13.1 Å². The number of benzene rings is 1. The van der Waals surface area contributed by atoms with Crippen molar-refractivity contribution >= 4 is 34.6 Å². The third kappa shape index (κ3) is 3.25. The molecule has 3 aromatic rings. The average molecular weight is 345 g/mol. The molecule has 0 unspecified atom stereocenters. The van der Waals surface area contributed by atoms with E-state index >= 15 is 0 Å². The maximum absolute atomic E-state index is 11.8. The van der Waals surface area contributed by atoms with Crippen LogP contribution in [0.1, 0.15) is 6.92 Å². The van der Waals surface area contributed by atoms with Crippen LogP contribution >= 0.6 is 11.8 Å². The molecule has 1 aromatic carbocycles. The molecule has 8 nitrogen and oxygen atoms in total. The maximum atomic E-state index is 11.8. The molecule has 9 heteroatoms. The summed E-state index contributed by atoms with van der Waals surface area (Å²) in [6, 6.07) is 7.21. The summed E-state index contributed by atoms with van der Waals surface area (Å²) in [5, 5.41) is 13.2. The summed E-state index contributed by atoms with van der Waals surface area (Å²) >= 11 is 1.09. The SMILES string of the molecule is CNC(=O)NC(=O)[C@@H](C)Sc1nnc(-c2c[nH]c3ccccc23)o1. The van der Waals surface area contributed by atoms with Gasteiger partial charge in [0, 0.05) is 24.1 Å². The summed E-state index contributed by atoms with van der Waals surface area (Å²) in [5.41, 5.74) is 1.77. The molecule has 1 atom stereocenters. The molecule has 0 aliphatic heterocycles. The number of nitrogens with zero attached hydrogens (tertiary/aromatic N) is 2. The van der Waals surface area contributed by atoms with Crippen LogP contribution < -0.4 is 10.6 Å². The molecule has 0 bridgehead atoms. The van der Waals surface area contributed by atoms with Crippen LogP contribution in [0.25, 0.3) is 22.4 Å². The zero-order valence-corrected chi connectivity index (χ0v) is 13.8. The standard InChI is InChI=1S/C15H15N5O3S/c1-8(12(21)18-14(22)16-2)24-15-20-19-13(23-15)10-7-17-11-6-4-3-5-9(10)11/h3-8,17H,1-2H3,(H2,16,18,21,22)/t8-/m1/s1. The number of fused-ring (bicyclic) bond motifs is 1. The first-order valence-corrected chi connectivity index (χ1v) is 8.05. The lowest BCUT2D eigenvalue weighted by Crippen LogP contribution is -2.41. The Bertz CT molecular complexity index is 888. The van der Waals surface area contributed by atoms with E-state index in [1.165, 1.54) is 7.05 Å². The van der Waals surface area contributed by atoms with Crippen molar-refractivity contribution < 1.29 is 14.0 Å². The quantitative estimate of drug-likeness (QED) is 0.625. The fourth-order valence-corrected chi connectivity index (χ4v) is 2.78. The van der Waals surface area contributed by atoms with Gasteiger partial charge in [0.25, 0.3) is 11.1 Å². The zero-order valence-electron chi connectivity index (χ0n) is 13.0. The van der Waals surface area contributed by atoms with Crippen molar-refractivity contribution in [2.75, 3.05) is 7.05 Å². The van der Waals surface area contributed by atoms with Crippen molar-refractivity contribution in [3.8, 4) is 11.5 Å². The van der Waals surface area contributed by atoms with Gasteiger partial charge in [-0.25, -0.2) is 4.79 Å². The summed E-state index contributed by atoms with van der Waals surface area (Å²) in [6.45, 7) is 1.65. The van der Waals surface area contributed by atoms with Gasteiger partial charge in [-0.2, -0.15) is 0 Å². The number of H-pyrrole nitrogens is 1. The van der Waals surface area contributed by atoms with Gasteiger partial charge in [0.2, 0.25) is 5.91 Å². The van der Waals surface area contributed by atoms with Gasteiger partial charge in [0.05, 0.1) is 10.8 Å². The molecular formula is C15H15N5O3S. The van der Waals surface area contributed by atoms with E-state index in [0.717, 1.165) is 28.2 Å². The molecule has 24 heavy (non-hydrogen) atoms. The highest BCUT2D eigenvalue weighted by molar-refractivity contribution is 8.00. The lowest BCUT2D eigenvalue weighted by Gasteiger charge is -2.07. The first-order valence-electron chi connectivity index (χ1n) is 7.17. The zero-order chi connectivity index (χ0) is 17.1. The van der Waals surface area contributed by atoms with E-state index in [1.807, 2.05) is 24.3 Å². The van der Waals surface area contributed by atoms with Gasteiger partial charge in [-0.1, -0.05) is 30.0 Å². The minimum atomic E-state index is -0.558. The monoisotopic (exact) mass is 345 g/mol. The van der Waals surface area contributed by atoms with Gasteiger partial charge in [-0.05, 0) is 13.0 Å². The molecule has 0 aliphatic carbocycles. The smallest absolute Gasteiger partial charge is 0.321 e. The van der Waals surface area contributed by atoms with Crippen LogP contribution in [0.3, 0.4) is 0 Å². The van der Waals surface area contributed by atoms with Crippen LogP contribution in [-0.4, -0.2) is 39.4 Å². The third-order valence-corrected chi connectivity index (χ3v) is 4.27. The number of amides is 3. The van der Waals surface area contributed by atoms with Crippen molar-refractivity contribution in [1.29, 1.82) is 0 Å². The Labute approximate surface area is 141 Å². The van der Waals surface area contributed by atoms with E-state index in [-0.39, 0.29) is 5.22 Å². The number of nitrogens with one attached hydrogen (secondary N) is 3. The van der Waals surface area contributed by atoms with Gasteiger partial charge in [0.1, 0.15) is 0 Å². The Balaban J connectivity index is 1.74. The van der Waals surface area contributed by atoms with Gasteiger partial charge in [-0.15, -0.1) is 10.2 Å². The van der Waals surface area contributed by atoms with Gasteiger partial charge >= 0.3 is 6.03 Å². The second kappa shape index (κ2) is 6.75. The Morgan fingerprint density at radius 1 is 1.29 bits per heavy atom. The Kier molecular flexibility index (Phi) is 4.52. The molecule has 0 spiro atoms. The molecule has 0 aliphatic rings. The second-order valence-electron chi connectivity index (χ2n) is 4.95. The van der Waals surface area contributed by atoms with Crippen molar-refractivity contribution in [1.82, 2.24) is 25.8 Å². The van der Waals surface area contributed by atoms with E-state index in [2.05, 4.69) is 25.8 Å². The number of hydrogen-bond donors (Lipinski definition) is 3. The van der Waals surface area contributed by atoms with Crippen molar-refractivity contribution in [2.45, 2.75) is 17.4 Å². The Hall–Kier alpha value is -2.81. The molecule has 3 N–H and O–H groups in total. The highest BCUT2D eigenvalue weighted by Crippen LogP contribution is 2.30. The number of carbonyl (C=O) groups is 2. The number of urea groups is 1. The molecule has 2 heterocycles. The molecule has 0 fully saturated rings. The molecule has 0 radical (unpaired) electrons. The van der Waals surface area contributed by atoms with Crippen molar-refractivity contribution in [3.63, 3.8) is 0 Å². The first kappa shape index (κ1) is 16.1. The van der Waals surface area contributed by atoms with Crippen molar-refractivity contribution in [3.05, 3.63) is 30.5 Å². The normalized spacial score (nSPS) is 12.1. The van der Waals surface area contributed by atoms with Crippen LogP contribution in [0.15, 0.2) is 40.1 Å². The van der Waals surface area contributed by atoms with Crippen LogP contribution in [0.5, 0.6) is 0 Å². The molecular weight excluding hydrogens is 330 g/mol. The van der Waals surface area contributed by atoms with Crippen LogP contribution in [0.2, 0.25) is 0 Å². The summed E-state index contributed by atoms with van der Waals surface area (Å²) in [7, 11) is 1.44. The van der Waals surface area contributed by atoms with E-state index < -0.39 is 17.2 Å². The lowest BCUT2D eigenvalue weighted by atomic mass is 10.2. The van der Waals surface area contributed by atoms with E-state index in [4.69, 9.17) is 4.42 Å². The van der Waals surface area contributed by atoms with Gasteiger partial charge < -0.3 is 14.7 Å². The lowest BCUT2D eigenvalue weighted by molar-refractivity contribution is -0.119. The van der Waals surface area contributed by atoms with Gasteiger partial charge in [-0.3, -0.25) is 10.1 Å². The fourth-order valence-electron chi connectivity index (χ4n) is 2.10. The average Bonchev–Trinajstić information content (AvgIpc) is 3.20. The number of rotatable bonds is 4. The Morgan fingerprint density at radius 2 is 2.08 bits per heavy atom. The summed E-state index contributed by atoms with van der Waals surface area (Å²) < 4.78 is 5.63. The first-order chi connectivity index (χ1) is 11.6. The summed E-state index contributed by atoms with van der Waals surface area (Å²) in [6.07, 6.45) is 1.80. The predicted molar refractivity (Wildman–Crippen MR) is 89.5 cm³/mol. The molecule has 0 saturated heterocycles. The van der Waals surface area contributed by atoms with Crippen LogP contribution in [0, 0.1) is 0 Å². The second-order valence-corrected chi connectivity index (χ2v) is 6.24.